The van der Waals surface area contributed by atoms with Crippen molar-refractivity contribution in [1.29, 1.82) is 0 Å². The number of carbonyl (C=O) groups excluding carboxylic acids is 4. The van der Waals surface area contributed by atoms with Crippen molar-refractivity contribution in [2.24, 2.45) is 0 Å². The molecule has 0 aliphatic heterocycles. The summed E-state index contributed by atoms with van der Waals surface area (Å²) in [4.78, 5) is 50.6. The van der Waals surface area contributed by atoms with Crippen LogP contribution >= 0.6 is 11.6 Å². The van der Waals surface area contributed by atoms with Crippen LogP contribution in [0.25, 0.3) is 0 Å². The molecule has 3 aromatic rings. The highest BCUT2D eigenvalue weighted by atomic mass is 35.5. The van der Waals surface area contributed by atoms with Gasteiger partial charge in [0.15, 0.2) is 6.61 Å². The number of amides is 3. The maximum atomic E-state index is 12.6. The van der Waals surface area contributed by atoms with E-state index in [2.05, 4.69) is 10.6 Å². The van der Waals surface area contributed by atoms with Gasteiger partial charge in [0.1, 0.15) is 0 Å². The van der Waals surface area contributed by atoms with E-state index < -0.39 is 24.4 Å². The monoisotopic (exact) mass is 479 g/mol. The van der Waals surface area contributed by atoms with Crippen molar-refractivity contribution in [2.45, 2.75) is 0 Å². The number of halogens is 1. The Labute approximate surface area is 201 Å². The number of hydrogen-bond donors (Lipinski definition) is 2. The van der Waals surface area contributed by atoms with Gasteiger partial charge in [0, 0.05) is 35.9 Å². The molecule has 0 spiro atoms. The predicted octanol–water partition coefficient (Wildman–Crippen LogP) is 4.09. The number of esters is 1. The molecule has 2 N–H and O–H groups in total. The molecule has 0 unspecified atom stereocenters. The molecule has 0 heterocycles. The van der Waals surface area contributed by atoms with Crippen molar-refractivity contribution in [3.8, 4) is 0 Å². The van der Waals surface area contributed by atoms with Crippen LogP contribution in [-0.2, 0) is 9.53 Å². The fourth-order valence-electron chi connectivity index (χ4n) is 2.93. The zero-order valence-electron chi connectivity index (χ0n) is 18.5. The molecular weight excluding hydrogens is 458 g/mol. The molecule has 0 atom stereocenters. The number of carbonyl (C=O) groups is 4. The van der Waals surface area contributed by atoms with Gasteiger partial charge in [-0.05, 0) is 60.7 Å². The van der Waals surface area contributed by atoms with Crippen molar-refractivity contribution in [1.82, 2.24) is 4.90 Å². The molecule has 0 fully saturated rings. The first-order chi connectivity index (χ1) is 16.2. The maximum absolute atomic E-state index is 12.6. The number of hydrogen-bond acceptors (Lipinski definition) is 5. The maximum Gasteiger partial charge on any atom is 0.340 e. The average Bonchev–Trinajstić information content (AvgIpc) is 2.83. The SMILES string of the molecule is CN(C)C(=O)c1ccc(NC(=O)COC(=O)c2ccccc2NC(=O)c2ccc(Cl)cc2)cc1. The molecule has 3 rings (SSSR count). The zero-order chi connectivity index (χ0) is 24.7. The van der Waals surface area contributed by atoms with Gasteiger partial charge < -0.3 is 20.3 Å². The van der Waals surface area contributed by atoms with Gasteiger partial charge in [0.05, 0.1) is 11.3 Å². The Balaban J connectivity index is 1.58. The number of nitrogens with one attached hydrogen (secondary N) is 2. The first kappa shape index (κ1) is 24.5. The van der Waals surface area contributed by atoms with E-state index in [0.717, 1.165) is 0 Å². The third kappa shape index (κ3) is 6.43. The lowest BCUT2D eigenvalue weighted by molar-refractivity contribution is -0.119. The summed E-state index contributed by atoms with van der Waals surface area (Å²) >= 11 is 5.84. The first-order valence-electron chi connectivity index (χ1n) is 10.2. The molecule has 3 aromatic carbocycles. The lowest BCUT2D eigenvalue weighted by atomic mass is 10.1. The molecule has 0 radical (unpaired) electrons. The number of anilines is 2. The van der Waals surface area contributed by atoms with Gasteiger partial charge in [0.2, 0.25) is 0 Å². The summed E-state index contributed by atoms with van der Waals surface area (Å²) in [6, 6.07) is 18.9. The van der Waals surface area contributed by atoms with E-state index in [0.29, 0.717) is 21.8 Å². The van der Waals surface area contributed by atoms with Crippen LogP contribution in [0.3, 0.4) is 0 Å². The normalized spacial score (nSPS) is 10.2. The van der Waals surface area contributed by atoms with Crippen molar-refractivity contribution in [3.63, 3.8) is 0 Å². The van der Waals surface area contributed by atoms with Crippen LogP contribution in [0.15, 0.2) is 72.8 Å². The van der Waals surface area contributed by atoms with Crippen LogP contribution in [0.1, 0.15) is 31.1 Å². The van der Waals surface area contributed by atoms with Gasteiger partial charge in [-0.3, -0.25) is 14.4 Å². The lowest BCUT2D eigenvalue weighted by Gasteiger charge is -2.12. The Hall–Kier alpha value is -4.17. The lowest BCUT2D eigenvalue weighted by Crippen LogP contribution is -2.23. The van der Waals surface area contributed by atoms with Gasteiger partial charge >= 0.3 is 5.97 Å². The summed E-state index contributed by atoms with van der Waals surface area (Å²) in [6.07, 6.45) is 0. The van der Waals surface area contributed by atoms with E-state index in [1.54, 1.807) is 80.8 Å². The second-order valence-electron chi connectivity index (χ2n) is 7.41. The molecule has 0 aromatic heterocycles. The topological polar surface area (TPSA) is 105 Å². The van der Waals surface area contributed by atoms with Crippen LogP contribution in [-0.4, -0.2) is 49.3 Å². The molecular formula is C25H22ClN3O5. The van der Waals surface area contributed by atoms with E-state index in [1.165, 1.54) is 11.0 Å². The van der Waals surface area contributed by atoms with Crippen LogP contribution in [0.2, 0.25) is 5.02 Å². The average molecular weight is 480 g/mol. The fraction of sp³-hybridized carbons (Fsp3) is 0.120. The number of rotatable bonds is 7. The number of para-hydroxylation sites is 1. The number of benzene rings is 3. The molecule has 174 valence electrons. The second kappa shape index (κ2) is 11.1. The van der Waals surface area contributed by atoms with Gasteiger partial charge in [-0.1, -0.05) is 23.7 Å². The summed E-state index contributed by atoms with van der Waals surface area (Å²) in [6.45, 7) is -0.531. The molecule has 0 bridgehead atoms. The smallest absolute Gasteiger partial charge is 0.340 e. The Bertz CT molecular complexity index is 1210. The highest BCUT2D eigenvalue weighted by Crippen LogP contribution is 2.18. The van der Waals surface area contributed by atoms with Crippen molar-refractivity contribution in [2.75, 3.05) is 31.3 Å². The number of nitrogens with zero attached hydrogens (tertiary/aromatic N) is 1. The fourth-order valence-corrected chi connectivity index (χ4v) is 3.05. The summed E-state index contributed by atoms with van der Waals surface area (Å²) < 4.78 is 5.12. The summed E-state index contributed by atoms with van der Waals surface area (Å²) in [7, 11) is 3.29. The molecule has 34 heavy (non-hydrogen) atoms. The van der Waals surface area contributed by atoms with Crippen molar-refractivity contribution in [3.05, 3.63) is 94.5 Å². The van der Waals surface area contributed by atoms with E-state index in [4.69, 9.17) is 16.3 Å². The molecule has 0 aliphatic rings. The highest BCUT2D eigenvalue weighted by molar-refractivity contribution is 6.30. The predicted molar refractivity (Wildman–Crippen MR) is 129 cm³/mol. The quantitative estimate of drug-likeness (QED) is 0.496. The Kier molecular flexibility index (Phi) is 8.00. The van der Waals surface area contributed by atoms with Crippen LogP contribution in [0.5, 0.6) is 0 Å². The minimum Gasteiger partial charge on any atom is -0.452 e. The zero-order valence-corrected chi connectivity index (χ0v) is 19.3. The standard InChI is InChI=1S/C25H22ClN3O5/c1-29(2)24(32)17-9-13-19(14-10-17)27-22(30)15-34-25(33)20-5-3-4-6-21(20)28-23(31)16-7-11-18(26)12-8-16/h3-14H,15H2,1-2H3,(H,27,30)(H,28,31). The highest BCUT2D eigenvalue weighted by Gasteiger charge is 2.17. The Morgan fingerprint density at radius 1 is 0.824 bits per heavy atom. The van der Waals surface area contributed by atoms with Crippen LogP contribution < -0.4 is 10.6 Å². The molecule has 0 aliphatic carbocycles. The van der Waals surface area contributed by atoms with E-state index in [-0.39, 0.29) is 17.2 Å². The van der Waals surface area contributed by atoms with Gasteiger partial charge in [-0.2, -0.15) is 0 Å². The van der Waals surface area contributed by atoms with Gasteiger partial charge in [-0.15, -0.1) is 0 Å². The Morgan fingerprint density at radius 3 is 2.09 bits per heavy atom. The van der Waals surface area contributed by atoms with Crippen LogP contribution in [0, 0.1) is 0 Å². The third-order valence-corrected chi connectivity index (χ3v) is 4.91. The Morgan fingerprint density at radius 2 is 1.44 bits per heavy atom. The van der Waals surface area contributed by atoms with Crippen molar-refractivity contribution < 1.29 is 23.9 Å². The third-order valence-electron chi connectivity index (χ3n) is 4.66. The van der Waals surface area contributed by atoms with Crippen LogP contribution in [0.4, 0.5) is 11.4 Å². The molecule has 8 nitrogen and oxygen atoms in total. The van der Waals surface area contributed by atoms with E-state index >= 15 is 0 Å². The summed E-state index contributed by atoms with van der Waals surface area (Å²) in [5.74, 6) is -1.91. The molecule has 0 saturated heterocycles. The first-order valence-corrected chi connectivity index (χ1v) is 10.6. The van der Waals surface area contributed by atoms with E-state index in [1.807, 2.05) is 0 Å². The largest absolute Gasteiger partial charge is 0.452 e. The van der Waals surface area contributed by atoms with Gasteiger partial charge in [-0.25, -0.2) is 4.79 Å². The van der Waals surface area contributed by atoms with Gasteiger partial charge in [0.25, 0.3) is 17.7 Å². The minimum absolute atomic E-state index is 0.101. The number of ether oxygens (including phenoxy) is 1. The second-order valence-corrected chi connectivity index (χ2v) is 7.84. The summed E-state index contributed by atoms with van der Waals surface area (Å²) in [5.41, 5.74) is 1.64. The molecule has 9 heteroatoms. The minimum atomic E-state index is -0.769. The summed E-state index contributed by atoms with van der Waals surface area (Å²) in [5, 5.41) is 5.75. The molecule has 0 saturated carbocycles. The molecule has 3 amide bonds. The van der Waals surface area contributed by atoms with Crippen molar-refractivity contribution >= 4 is 46.7 Å². The van der Waals surface area contributed by atoms with E-state index in [9.17, 15) is 19.2 Å².